The second kappa shape index (κ2) is 10.2. The van der Waals surface area contributed by atoms with Crippen LogP contribution in [0.2, 0.25) is 0 Å². The van der Waals surface area contributed by atoms with E-state index in [0.717, 1.165) is 69.8 Å². The van der Waals surface area contributed by atoms with Crippen molar-refractivity contribution in [2.24, 2.45) is 4.99 Å². The van der Waals surface area contributed by atoms with E-state index in [-0.39, 0.29) is 0 Å². The quantitative estimate of drug-likeness (QED) is 0.604. The highest BCUT2D eigenvalue weighted by Crippen LogP contribution is 2.18. The van der Waals surface area contributed by atoms with Gasteiger partial charge in [0.1, 0.15) is 5.75 Å². The fourth-order valence-electron chi connectivity index (χ4n) is 2.76. The Balaban J connectivity index is 1.93. The van der Waals surface area contributed by atoms with Crippen LogP contribution < -0.4 is 10.1 Å². The first-order valence-electron chi connectivity index (χ1n) is 8.66. The van der Waals surface area contributed by atoms with Crippen molar-refractivity contribution in [1.82, 2.24) is 15.1 Å². The third kappa shape index (κ3) is 5.69. The molecule has 1 aromatic carbocycles. The zero-order chi connectivity index (χ0) is 17.2. The van der Waals surface area contributed by atoms with Gasteiger partial charge in [-0.3, -0.25) is 9.89 Å². The van der Waals surface area contributed by atoms with Crippen molar-refractivity contribution in [1.29, 1.82) is 0 Å². The van der Waals surface area contributed by atoms with Crippen molar-refractivity contribution >= 4 is 5.96 Å². The number of rotatable bonds is 7. The second-order valence-electron chi connectivity index (χ2n) is 5.86. The third-order valence-corrected chi connectivity index (χ3v) is 4.08. The van der Waals surface area contributed by atoms with Gasteiger partial charge < -0.3 is 19.7 Å². The van der Waals surface area contributed by atoms with Gasteiger partial charge in [0.2, 0.25) is 0 Å². The van der Waals surface area contributed by atoms with Crippen LogP contribution in [-0.4, -0.2) is 75.9 Å². The van der Waals surface area contributed by atoms with Gasteiger partial charge in [0.25, 0.3) is 0 Å². The fraction of sp³-hybridized carbons (Fsp3) is 0.611. The molecule has 0 aliphatic carbocycles. The molecule has 6 heteroatoms. The van der Waals surface area contributed by atoms with Gasteiger partial charge in [-0.05, 0) is 13.0 Å². The maximum Gasteiger partial charge on any atom is 0.194 e. The van der Waals surface area contributed by atoms with E-state index >= 15 is 0 Å². The van der Waals surface area contributed by atoms with Gasteiger partial charge in [0.05, 0.1) is 26.9 Å². The predicted molar refractivity (Wildman–Crippen MR) is 97.7 cm³/mol. The number of hydrogen-bond acceptors (Lipinski definition) is 4. The SMILES string of the molecule is CCNC(=NCCN1CCOCC1)N(C)Cc1ccccc1OC. The van der Waals surface area contributed by atoms with Crippen molar-refractivity contribution < 1.29 is 9.47 Å². The van der Waals surface area contributed by atoms with Gasteiger partial charge in [0, 0.05) is 45.3 Å². The Labute approximate surface area is 145 Å². The van der Waals surface area contributed by atoms with Crippen molar-refractivity contribution in [3.8, 4) is 5.75 Å². The summed E-state index contributed by atoms with van der Waals surface area (Å²) in [5.41, 5.74) is 1.15. The molecular weight excluding hydrogens is 304 g/mol. The van der Waals surface area contributed by atoms with E-state index < -0.39 is 0 Å². The van der Waals surface area contributed by atoms with Crippen molar-refractivity contribution in [3.63, 3.8) is 0 Å². The first-order valence-corrected chi connectivity index (χ1v) is 8.66. The highest BCUT2D eigenvalue weighted by atomic mass is 16.5. The Hall–Kier alpha value is -1.79. The van der Waals surface area contributed by atoms with Crippen LogP contribution >= 0.6 is 0 Å². The Kier molecular flexibility index (Phi) is 7.85. The lowest BCUT2D eigenvalue weighted by atomic mass is 10.2. The Morgan fingerprint density at radius 2 is 2.08 bits per heavy atom. The average Bonchev–Trinajstić information content (AvgIpc) is 2.62. The first-order chi connectivity index (χ1) is 11.7. The van der Waals surface area contributed by atoms with Gasteiger partial charge in [-0.25, -0.2) is 0 Å². The molecule has 2 rings (SSSR count). The van der Waals surface area contributed by atoms with Crippen molar-refractivity contribution in [3.05, 3.63) is 29.8 Å². The third-order valence-electron chi connectivity index (χ3n) is 4.08. The van der Waals surface area contributed by atoms with Crippen LogP contribution in [0.1, 0.15) is 12.5 Å². The van der Waals surface area contributed by atoms with Crippen LogP contribution in [0.5, 0.6) is 5.75 Å². The summed E-state index contributed by atoms with van der Waals surface area (Å²) in [5.74, 6) is 1.84. The number of para-hydroxylation sites is 1. The topological polar surface area (TPSA) is 49.3 Å². The number of nitrogens with zero attached hydrogens (tertiary/aromatic N) is 3. The van der Waals surface area contributed by atoms with Crippen LogP contribution in [0, 0.1) is 0 Å². The van der Waals surface area contributed by atoms with Crippen LogP contribution in [0.25, 0.3) is 0 Å². The number of morpholine rings is 1. The lowest BCUT2D eigenvalue weighted by Crippen LogP contribution is -2.40. The summed E-state index contributed by atoms with van der Waals surface area (Å²) in [7, 11) is 3.77. The average molecular weight is 334 g/mol. The fourth-order valence-corrected chi connectivity index (χ4v) is 2.76. The van der Waals surface area contributed by atoms with E-state index in [4.69, 9.17) is 14.5 Å². The molecule has 0 saturated carbocycles. The predicted octanol–water partition coefficient (Wildman–Crippen LogP) is 1.42. The summed E-state index contributed by atoms with van der Waals surface area (Å²) in [6, 6.07) is 8.11. The van der Waals surface area contributed by atoms with Gasteiger partial charge in [0.15, 0.2) is 5.96 Å². The molecule has 1 fully saturated rings. The summed E-state index contributed by atoms with van der Waals surface area (Å²) >= 11 is 0. The highest BCUT2D eigenvalue weighted by Gasteiger charge is 2.11. The van der Waals surface area contributed by atoms with Crippen LogP contribution in [0.15, 0.2) is 29.3 Å². The lowest BCUT2D eigenvalue weighted by Gasteiger charge is -2.26. The molecule has 24 heavy (non-hydrogen) atoms. The van der Waals surface area contributed by atoms with E-state index in [0.29, 0.717) is 0 Å². The molecule has 1 aromatic rings. The largest absolute Gasteiger partial charge is 0.496 e. The minimum Gasteiger partial charge on any atom is -0.496 e. The molecule has 134 valence electrons. The van der Waals surface area contributed by atoms with E-state index in [2.05, 4.69) is 35.2 Å². The maximum atomic E-state index is 5.44. The van der Waals surface area contributed by atoms with Gasteiger partial charge >= 0.3 is 0 Å². The number of aliphatic imine (C=N–C) groups is 1. The summed E-state index contributed by atoms with van der Waals surface area (Å²) in [6.45, 7) is 9.13. The number of nitrogens with one attached hydrogen (secondary N) is 1. The molecule has 0 bridgehead atoms. The molecule has 0 atom stereocenters. The molecular formula is C18H30N4O2. The molecule has 0 unspecified atom stereocenters. The monoisotopic (exact) mass is 334 g/mol. The molecule has 6 nitrogen and oxygen atoms in total. The minimum absolute atomic E-state index is 0.757. The number of ether oxygens (including phenoxy) is 2. The van der Waals surface area contributed by atoms with E-state index in [1.165, 1.54) is 0 Å². The second-order valence-corrected chi connectivity index (χ2v) is 5.86. The standard InChI is InChI=1S/C18H30N4O2/c1-4-19-18(20-9-10-22-11-13-24-14-12-22)21(2)15-16-7-5-6-8-17(16)23-3/h5-8H,4,9-15H2,1-3H3,(H,19,20). The molecule has 1 aliphatic heterocycles. The number of methoxy groups -OCH3 is 1. The maximum absolute atomic E-state index is 5.44. The Bertz CT molecular complexity index is 515. The van der Waals surface area contributed by atoms with E-state index in [1.807, 2.05) is 18.2 Å². The van der Waals surface area contributed by atoms with Crippen molar-refractivity contribution in [2.45, 2.75) is 13.5 Å². The molecule has 1 N–H and O–H groups in total. The Morgan fingerprint density at radius 3 is 2.79 bits per heavy atom. The molecule has 1 aliphatic rings. The summed E-state index contributed by atoms with van der Waals surface area (Å²) < 4.78 is 10.8. The zero-order valence-corrected chi connectivity index (χ0v) is 15.1. The van der Waals surface area contributed by atoms with Crippen LogP contribution in [0.4, 0.5) is 0 Å². The number of guanidine groups is 1. The first kappa shape index (κ1) is 18.5. The highest BCUT2D eigenvalue weighted by molar-refractivity contribution is 5.79. The summed E-state index contributed by atoms with van der Waals surface area (Å²) in [6.07, 6.45) is 0. The van der Waals surface area contributed by atoms with Gasteiger partial charge in [-0.1, -0.05) is 18.2 Å². The normalized spacial score (nSPS) is 16.0. The van der Waals surface area contributed by atoms with E-state index in [1.54, 1.807) is 7.11 Å². The van der Waals surface area contributed by atoms with Crippen molar-refractivity contribution in [2.75, 3.05) is 60.1 Å². The minimum atomic E-state index is 0.757. The van der Waals surface area contributed by atoms with Crippen LogP contribution in [0.3, 0.4) is 0 Å². The lowest BCUT2D eigenvalue weighted by molar-refractivity contribution is 0.0394. The summed E-state index contributed by atoms with van der Waals surface area (Å²) in [5, 5.41) is 3.37. The van der Waals surface area contributed by atoms with Gasteiger partial charge in [-0.2, -0.15) is 0 Å². The van der Waals surface area contributed by atoms with E-state index in [9.17, 15) is 0 Å². The molecule has 0 radical (unpaired) electrons. The molecule has 1 saturated heterocycles. The molecule has 0 amide bonds. The van der Waals surface area contributed by atoms with Crippen LogP contribution in [-0.2, 0) is 11.3 Å². The zero-order valence-electron chi connectivity index (χ0n) is 15.1. The van der Waals surface area contributed by atoms with Gasteiger partial charge in [-0.15, -0.1) is 0 Å². The number of hydrogen-bond donors (Lipinski definition) is 1. The molecule has 0 aromatic heterocycles. The smallest absolute Gasteiger partial charge is 0.194 e. The molecule has 1 heterocycles. The Morgan fingerprint density at radius 1 is 1.33 bits per heavy atom. The summed E-state index contributed by atoms with van der Waals surface area (Å²) in [4.78, 5) is 9.31. The number of benzene rings is 1. The molecule has 0 spiro atoms.